The second-order valence-corrected chi connectivity index (χ2v) is 37.9. The van der Waals surface area contributed by atoms with Crippen LogP contribution < -0.4 is 0 Å². The fourth-order valence-corrected chi connectivity index (χ4v) is 15.9. The molecule has 0 aliphatic heterocycles. The molecule has 0 aliphatic carbocycles. The lowest BCUT2D eigenvalue weighted by Crippen LogP contribution is -2.16. The fourth-order valence-electron chi connectivity index (χ4n) is 13.2. The van der Waals surface area contributed by atoms with Crippen LogP contribution in [-0.4, -0.2) is 92.4 Å². The van der Waals surface area contributed by atoms with Crippen LogP contribution in [0.25, 0.3) is 67.3 Å². The van der Waals surface area contributed by atoms with E-state index >= 15 is 0 Å². The average molecular weight is 1570 g/mol. The first-order valence-electron chi connectivity index (χ1n) is 38.2. The predicted octanol–water partition coefficient (Wildman–Crippen LogP) is 20.3. The van der Waals surface area contributed by atoms with Gasteiger partial charge in [0, 0.05) is 92.0 Å². The van der Waals surface area contributed by atoms with E-state index in [4.69, 9.17) is 0 Å². The summed E-state index contributed by atoms with van der Waals surface area (Å²) in [6, 6.07) is 59.8. The van der Waals surface area contributed by atoms with Gasteiger partial charge in [-0.3, -0.25) is 0 Å². The third kappa shape index (κ3) is 23.3. The summed E-state index contributed by atoms with van der Waals surface area (Å²) in [5, 5.41) is 20.8. The highest BCUT2D eigenvalue weighted by Crippen LogP contribution is 2.33. The fraction of sp³-hybridized carbons (Fsp3) is 0.355. The van der Waals surface area contributed by atoms with Crippen molar-refractivity contribution >= 4 is 29.5 Å². The maximum absolute atomic E-state index is 12.2. The highest BCUT2D eigenvalue weighted by molar-refractivity contribution is 7.91. The summed E-state index contributed by atoms with van der Waals surface area (Å²) in [5.41, 5.74) is 16.5. The molecule has 0 unspecified atom stereocenters. The Balaban J connectivity index is 0.000000188. The van der Waals surface area contributed by atoms with E-state index in [1.165, 1.54) is 41.1 Å². The third-order valence-electron chi connectivity index (χ3n) is 18.9. The zero-order chi connectivity index (χ0) is 81.2. The SMILES string of the molecule is C.CC(C)Cc1nc(C(C)(C)O)cn1-c1ccc(-c2cccc(S(C)(=O)=O)c2)cc1.CCc1ccc(-c2ccc(-n3cc(C(C)(C)O)nc3CC(C)C)cc2)cc1S(C)(=O)=O.CCc1ccc(-c2ccc(-n3cc(C)nc3CC(C)C)cc2)cc1S(C)(=O)=O.Cc1cccc(-c2ccc(-n3cc(C)nc3CC(C)C)cc2)c1. The molecule has 4 aromatic heterocycles. The number of nitrogens with zero attached hydrogens (tertiary/aromatic N) is 8. The van der Waals surface area contributed by atoms with Crippen LogP contribution in [-0.2, 0) is 79.2 Å². The standard InChI is InChI=1S/C25H32N2O3S.C23H28N2O3S.C23H28N2O2S.C21H24N2.CH4/c1-7-18-8-9-20(15-22(18)31(6,29)30)19-10-12-21(13-11-19)27-16-23(25(4,5)28)26-24(27)14-17(2)3;1-16(2)13-22-24-21(23(3,4)26)15-25(22)19-11-9-17(10-12-19)18-7-6-8-20(14-18)29(5,27)28;1-6-18-7-8-20(14-22(18)28(5,26)27)19-9-11-21(12-10-19)25-15-17(4)24-23(25)13-16(2)3;1-15(2)12-21-22-17(4)14-23(21)20-10-8-18(9-11-20)19-7-5-6-16(3)13-19;/h8-13,15-17,28H,7,14H2,1-6H3;6-12,14-16,26H,13H2,1-5H3;7-12,14-16H,6,13H2,1-5H3;5-11,13-15H,12H2,1-4H3;1H4. The summed E-state index contributed by atoms with van der Waals surface area (Å²) < 4.78 is 80.8. The summed E-state index contributed by atoms with van der Waals surface area (Å²) in [6.07, 6.45) is 16.6. The number of hydrogen-bond donors (Lipinski definition) is 2. The Morgan fingerprint density at radius 2 is 0.625 bits per heavy atom. The summed E-state index contributed by atoms with van der Waals surface area (Å²) >= 11 is 0. The molecule has 0 spiro atoms. The Labute approximate surface area is 667 Å². The number of aliphatic hydroxyl groups is 2. The molecule has 16 nitrogen and oxygen atoms in total. The van der Waals surface area contributed by atoms with Crippen LogP contribution in [0, 0.1) is 44.4 Å². The number of rotatable bonds is 23. The molecule has 0 atom stereocenters. The number of sulfone groups is 3. The molecule has 2 N–H and O–H groups in total. The minimum atomic E-state index is -3.29. The van der Waals surface area contributed by atoms with Crippen LogP contribution in [0.15, 0.2) is 221 Å². The van der Waals surface area contributed by atoms with Gasteiger partial charge in [0.1, 0.15) is 34.5 Å². The molecule has 0 fully saturated rings. The van der Waals surface area contributed by atoms with E-state index in [9.17, 15) is 35.5 Å². The zero-order valence-electron chi connectivity index (χ0n) is 68.3. The number of benzene rings is 8. The first-order chi connectivity index (χ1) is 52.1. The van der Waals surface area contributed by atoms with Gasteiger partial charge in [0.05, 0.1) is 37.5 Å². The zero-order valence-corrected chi connectivity index (χ0v) is 70.8. The minimum absolute atomic E-state index is 0. The van der Waals surface area contributed by atoms with Crippen LogP contribution in [0.3, 0.4) is 0 Å². The van der Waals surface area contributed by atoms with Gasteiger partial charge in [-0.05, 0) is 213 Å². The molecule has 0 aliphatic rings. The van der Waals surface area contributed by atoms with Crippen LogP contribution in [0.2, 0.25) is 0 Å². The topological polar surface area (TPSA) is 214 Å². The maximum atomic E-state index is 12.2. The van der Waals surface area contributed by atoms with Crippen molar-refractivity contribution in [1.29, 1.82) is 0 Å². The van der Waals surface area contributed by atoms with Crippen molar-refractivity contribution in [3.63, 3.8) is 0 Å². The van der Waals surface area contributed by atoms with Gasteiger partial charge >= 0.3 is 0 Å². The van der Waals surface area contributed by atoms with Gasteiger partial charge in [-0.2, -0.15) is 0 Å². The monoisotopic (exact) mass is 1570 g/mol. The molecule has 0 bridgehead atoms. The highest BCUT2D eigenvalue weighted by Gasteiger charge is 2.26. The largest absolute Gasteiger partial charge is 0.384 e. The van der Waals surface area contributed by atoms with Gasteiger partial charge in [-0.25, -0.2) is 45.2 Å². The molecular formula is C93H116N8O8S3. The molecule has 0 radical (unpaired) electrons. The predicted molar refractivity (Wildman–Crippen MR) is 460 cm³/mol. The summed E-state index contributed by atoms with van der Waals surface area (Å²) in [4.78, 5) is 19.8. The molecule has 0 saturated heterocycles. The number of imidazole rings is 4. The van der Waals surface area contributed by atoms with E-state index in [0.29, 0.717) is 62.6 Å². The molecule has 8 aromatic carbocycles. The van der Waals surface area contributed by atoms with Gasteiger partial charge in [0.15, 0.2) is 29.5 Å². The molecule has 112 heavy (non-hydrogen) atoms. The van der Waals surface area contributed by atoms with E-state index in [-0.39, 0.29) is 7.43 Å². The Morgan fingerprint density at radius 1 is 0.348 bits per heavy atom. The maximum Gasteiger partial charge on any atom is 0.175 e. The van der Waals surface area contributed by atoms with E-state index in [1.807, 2.05) is 133 Å². The Hall–Kier alpha value is -9.63. The van der Waals surface area contributed by atoms with Gasteiger partial charge in [-0.15, -0.1) is 0 Å². The second-order valence-electron chi connectivity index (χ2n) is 31.9. The lowest BCUT2D eigenvalue weighted by molar-refractivity contribution is 0.0736. The lowest BCUT2D eigenvalue weighted by Gasteiger charge is -2.13. The van der Waals surface area contributed by atoms with Gasteiger partial charge in [0.25, 0.3) is 0 Å². The number of hydrogen-bond acceptors (Lipinski definition) is 12. The molecule has 594 valence electrons. The van der Waals surface area contributed by atoms with E-state index in [0.717, 1.165) is 122 Å². The van der Waals surface area contributed by atoms with Crippen molar-refractivity contribution in [1.82, 2.24) is 38.2 Å². The van der Waals surface area contributed by atoms with Gasteiger partial charge < -0.3 is 28.5 Å². The van der Waals surface area contributed by atoms with E-state index < -0.39 is 40.7 Å². The molecule has 12 aromatic rings. The Morgan fingerprint density at radius 3 is 0.902 bits per heavy atom. The van der Waals surface area contributed by atoms with Crippen LogP contribution >= 0.6 is 0 Å². The minimum Gasteiger partial charge on any atom is -0.384 e. The van der Waals surface area contributed by atoms with Crippen molar-refractivity contribution in [2.75, 3.05) is 18.8 Å². The summed E-state index contributed by atoms with van der Waals surface area (Å²) in [6.45, 7) is 34.5. The number of aryl methyl sites for hydroxylation is 5. The van der Waals surface area contributed by atoms with Gasteiger partial charge in [0.2, 0.25) is 0 Å². The van der Waals surface area contributed by atoms with Crippen LogP contribution in [0.1, 0.15) is 167 Å². The van der Waals surface area contributed by atoms with Crippen molar-refractivity contribution in [2.45, 2.75) is 190 Å². The molecule has 0 saturated carbocycles. The van der Waals surface area contributed by atoms with E-state index in [1.54, 1.807) is 58.0 Å². The molecule has 19 heteroatoms. The summed E-state index contributed by atoms with van der Waals surface area (Å²) in [5.74, 6) is 6.02. The van der Waals surface area contributed by atoms with Crippen LogP contribution in [0.5, 0.6) is 0 Å². The lowest BCUT2D eigenvalue weighted by atomic mass is 10.0. The highest BCUT2D eigenvalue weighted by atomic mass is 32.2. The van der Waals surface area contributed by atoms with E-state index in [2.05, 4.69) is 171 Å². The first kappa shape index (κ1) is 87.9. The van der Waals surface area contributed by atoms with Crippen LogP contribution in [0.4, 0.5) is 0 Å². The smallest absolute Gasteiger partial charge is 0.175 e. The third-order valence-corrected chi connectivity index (χ3v) is 22.3. The molecule has 4 heterocycles. The summed E-state index contributed by atoms with van der Waals surface area (Å²) in [7, 11) is -9.79. The van der Waals surface area contributed by atoms with Crippen molar-refractivity contribution in [3.8, 4) is 67.3 Å². The van der Waals surface area contributed by atoms with Gasteiger partial charge in [-0.1, -0.05) is 191 Å². The quantitative estimate of drug-likeness (QED) is 0.0612. The second kappa shape index (κ2) is 36.9. The Bertz CT molecular complexity index is 5520. The normalized spacial score (nSPS) is 12.0. The van der Waals surface area contributed by atoms with Crippen molar-refractivity contribution in [3.05, 3.63) is 270 Å². The van der Waals surface area contributed by atoms with Crippen molar-refractivity contribution < 1.29 is 35.5 Å². The number of aromatic nitrogens is 8. The average Bonchev–Trinajstić information content (AvgIpc) is 1.49. The molecule has 12 rings (SSSR count). The molecule has 0 amide bonds. The van der Waals surface area contributed by atoms with Crippen molar-refractivity contribution in [2.24, 2.45) is 23.7 Å². The Kier molecular flexibility index (Phi) is 29.0. The first-order valence-corrected chi connectivity index (χ1v) is 43.9. The molecular weight excluding hydrogens is 1450 g/mol.